The molecule has 2 heteroatoms. The Balaban J connectivity index is 2.32. The quantitative estimate of drug-likeness (QED) is 0.766. The first kappa shape index (κ1) is 10.1. The van der Waals surface area contributed by atoms with E-state index in [2.05, 4.69) is 12.1 Å². The van der Waals surface area contributed by atoms with Crippen LogP contribution in [0, 0.1) is 0 Å². The Bertz CT molecular complexity index is 431. The van der Waals surface area contributed by atoms with Gasteiger partial charge in [0, 0.05) is 17.1 Å². The second-order valence-electron chi connectivity index (χ2n) is 3.47. The fraction of sp³-hybridized carbons (Fsp3) is 0.0769. The van der Waals surface area contributed by atoms with Crippen molar-refractivity contribution in [2.75, 3.05) is 5.73 Å². The van der Waals surface area contributed by atoms with Crippen LogP contribution in [0.5, 0.6) is 0 Å². The highest BCUT2D eigenvalue weighted by Gasteiger charge is 2.04. The van der Waals surface area contributed by atoms with E-state index in [1.807, 2.05) is 36.4 Å². The molecule has 0 saturated heterocycles. The maximum atomic E-state index is 6.10. The highest BCUT2D eigenvalue weighted by molar-refractivity contribution is 6.31. The molecule has 2 rings (SSSR count). The molecule has 76 valence electrons. The summed E-state index contributed by atoms with van der Waals surface area (Å²) >= 11 is 6.10. The van der Waals surface area contributed by atoms with Gasteiger partial charge in [-0.1, -0.05) is 48.0 Å². The normalized spacial score (nSPS) is 10.2. The van der Waals surface area contributed by atoms with E-state index in [-0.39, 0.29) is 0 Å². The Morgan fingerprint density at radius 2 is 1.67 bits per heavy atom. The van der Waals surface area contributed by atoms with Gasteiger partial charge >= 0.3 is 0 Å². The van der Waals surface area contributed by atoms with E-state index in [1.165, 1.54) is 5.56 Å². The van der Waals surface area contributed by atoms with E-state index in [0.29, 0.717) is 0 Å². The van der Waals surface area contributed by atoms with Crippen molar-refractivity contribution in [1.82, 2.24) is 0 Å². The molecule has 0 amide bonds. The summed E-state index contributed by atoms with van der Waals surface area (Å²) in [6.07, 6.45) is 0.784. The third-order valence-corrected chi connectivity index (χ3v) is 2.73. The van der Waals surface area contributed by atoms with Gasteiger partial charge in [0.2, 0.25) is 0 Å². The summed E-state index contributed by atoms with van der Waals surface area (Å²) in [7, 11) is 0. The summed E-state index contributed by atoms with van der Waals surface area (Å²) in [6.45, 7) is 0. The highest BCUT2D eigenvalue weighted by Crippen LogP contribution is 2.24. The third kappa shape index (κ3) is 2.31. The largest absolute Gasteiger partial charge is 0.398 e. The van der Waals surface area contributed by atoms with E-state index >= 15 is 0 Å². The lowest BCUT2D eigenvalue weighted by Gasteiger charge is -2.07. The predicted octanol–water partition coefficient (Wildman–Crippen LogP) is 3.51. The van der Waals surface area contributed by atoms with Crippen molar-refractivity contribution in [3.05, 3.63) is 64.7 Å². The molecule has 2 aromatic rings. The Hall–Kier alpha value is -1.47. The average Bonchev–Trinajstić information content (AvgIpc) is 2.25. The van der Waals surface area contributed by atoms with Crippen molar-refractivity contribution in [2.24, 2.45) is 0 Å². The van der Waals surface area contributed by atoms with Gasteiger partial charge < -0.3 is 5.73 Å². The summed E-state index contributed by atoms with van der Waals surface area (Å²) in [5.41, 5.74) is 8.87. The number of hydrogen-bond donors (Lipinski definition) is 1. The van der Waals surface area contributed by atoms with Crippen LogP contribution in [0.2, 0.25) is 5.02 Å². The van der Waals surface area contributed by atoms with Crippen LogP contribution < -0.4 is 5.73 Å². The second kappa shape index (κ2) is 4.37. The van der Waals surface area contributed by atoms with Crippen LogP contribution >= 0.6 is 11.6 Å². The Morgan fingerprint density at radius 3 is 2.33 bits per heavy atom. The minimum absolute atomic E-state index is 0.735. The van der Waals surface area contributed by atoms with Gasteiger partial charge in [-0.15, -0.1) is 0 Å². The molecular weight excluding hydrogens is 206 g/mol. The van der Waals surface area contributed by atoms with Gasteiger partial charge in [-0.3, -0.25) is 0 Å². The standard InChI is InChI=1S/C13H12ClN/c14-12-7-4-8-13(15)11(12)9-10-5-2-1-3-6-10/h1-8H,9,15H2. The summed E-state index contributed by atoms with van der Waals surface area (Å²) < 4.78 is 0. The van der Waals surface area contributed by atoms with E-state index in [9.17, 15) is 0 Å². The number of nitrogen functional groups attached to an aromatic ring is 1. The first-order chi connectivity index (χ1) is 7.27. The van der Waals surface area contributed by atoms with Crippen molar-refractivity contribution in [3.8, 4) is 0 Å². The fourth-order valence-corrected chi connectivity index (χ4v) is 1.81. The molecule has 0 heterocycles. The zero-order valence-corrected chi connectivity index (χ0v) is 9.04. The topological polar surface area (TPSA) is 26.0 Å². The monoisotopic (exact) mass is 217 g/mol. The molecule has 2 N–H and O–H groups in total. The molecule has 1 nitrogen and oxygen atoms in total. The summed E-state index contributed by atoms with van der Waals surface area (Å²) in [4.78, 5) is 0. The summed E-state index contributed by atoms with van der Waals surface area (Å²) in [6, 6.07) is 15.8. The number of benzene rings is 2. The molecule has 0 spiro atoms. The zero-order chi connectivity index (χ0) is 10.7. The van der Waals surface area contributed by atoms with E-state index in [0.717, 1.165) is 22.7 Å². The molecule has 0 aliphatic heterocycles. The number of nitrogens with two attached hydrogens (primary N) is 1. The van der Waals surface area contributed by atoms with Crippen molar-refractivity contribution < 1.29 is 0 Å². The van der Waals surface area contributed by atoms with Crippen LogP contribution in [0.3, 0.4) is 0 Å². The van der Waals surface area contributed by atoms with Gasteiger partial charge in [0.05, 0.1) is 0 Å². The van der Waals surface area contributed by atoms with Gasteiger partial charge in [-0.2, -0.15) is 0 Å². The van der Waals surface area contributed by atoms with Gasteiger partial charge in [-0.05, 0) is 23.3 Å². The van der Waals surface area contributed by atoms with Gasteiger partial charge in [0.15, 0.2) is 0 Å². The molecule has 0 aliphatic rings. The Kier molecular flexibility index (Phi) is 2.93. The van der Waals surface area contributed by atoms with Gasteiger partial charge in [0.25, 0.3) is 0 Å². The average molecular weight is 218 g/mol. The smallest absolute Gasteiger partial charge is 0.0461 e. The molecule has 0 unspecified atom stereocenters. The molecule has 0 bridgehead atoms. The zero-order valence-electron chi connectivity index (χ0n) is 8.28. The van der Waals surface area contributed by atoms with Crippen LogP contribution in [-0.2, 0) is 6.42 Å². The van der Waals surface area contributed by atoms with Crippen LogP contribution in [0.25, 0.3) is 0 Å². The highest BCUT2D eigenvalue weighted by atomic mass is 35.5. The molecule has 0 radical (unpaired) electrons. The van der Waals surface area contributed by atoms with Crippen molar-refractivity contribution in [1.29, 1.82) is 0 Å². The van der Waals surface area contributed by atoms with Crippen molar-refractivity contribution in [2.45, 2.75) is 6.42 Å². The number of rotatable bonds is 2. The van der Waals surface area contributed by atoms with Crippen LogP contribution in [0.1, 0.15) is 11.1 Å². The van der Waals surface area contributed by atoms with Crippen molar-refractivity contribution in [3.63, 3.8) is 0 Å². The molecular formula is C13H12ClN. The van der Waals surface area contributed by atoms with Crippen LogP contribution in [0.15, 0.2) is 48.5 Å². The van der Waals surface area contributed by atoms with E-state index in [4.69, 9.17) is 17.3 Å². The molecule has 2 aromatic carbocycles. The maximum absolute atomic E-state index is 6.10. The number of hydrogen-bond acceptors (Lipinski definition) is 1. The van der Waals surface area contributed by atoms with E-state index in [1.54, 1.807) is 0 Å². The molecule has 0 fully saturated rings. The fourth-order valence-electron chi connectivity index (χ4n) is 1.56. The van der Waals surface area contributed by atoms with E-state index < -0.39 is 0 Å². The minimum Gasteiger partial charge on any atom is -0.398 e. The molecule has 0 aliphatic carbocycles. The lowest BCUT2D eigenvalue weighted by molar-refractivity contribution is 1.20. The molecule has 15 heavy (non-hydrogen) atoms. The number of anilines is 1. The Labute approximate surface area is 94.5 Å². The van der Waals surface area contributed by atoms with Gasteiger partial charge in [0.1, 0.15) is 0 Å². The molecule has 0 aromatic heterocycles. The van der Waals surface area contributed by atoms with Crippen LogP contribution in [0.4, 0.5) is 5.69 Å². The SMILES string of the molecule is Nc1cccc(Cl)c1Cc1ccccc1. The lowest BCUT2D eigenvalue weighted by Crippen LogP contribution is -1.96. The lowest BCUT2D eigenvalue weighted by atomic mass is 10.0. The summed E-state index contributed by atoms with van der Waals surface area (Å²) in [5, 5.41) is 0.735. The minimum atomic E-state index is 0.735. The molecule has 0 saturated carbocycles. The first-order valence-electron chi connectivity index (χ1n) is 4.84. The van der Waals surface area contributed by atoms with Crippen molar-refractivity contribution >= 4 is 17.3 Å². The maximum Gasteiger partial charge on any atom is 0.0461 e. The molecule has 0 atom stereocenters. The summed E-state index contributed by atoms with van der Waals surface area (Å²) in [5.74, 6) is 0. The Morgan fingerprint density at radius 1 is 0.933 bits per heavy atom. The first-order valence-corrected chi connectivity index (χ1v) is 5.22. The van der Waals surface area contributed by atoms with Gasteiger partial charge in [-0.25, -0.2) is 0 Å². The number of halogens is 1. The van der Waals surface area contributed by atoms with Crippen LogP contribution in [-0.4, -0.2) is 0 Å². The second-order valence-corrected chi connectivity index (χ2v) is 3.88. The third-order valence-electron chi connectivity index (χ3n) is 2.38. The predicted molar refractivity (Wildman–Crippen MR) is 65.1 cm³/mol.